The number of hydrogen-bond donors (Lipinski definition) is 2. The van der Waals surface area contributed by atoms with Gasteiger partial charge in [-0.25, -0.2) is 8.42 Å². The van der Waals surface area contributed by atoms with Gasteiger partial charge in [0.15, 0.2) is 10.7 Å². The second kappa shape index (κ2) is 3.80. The van der Waals surface area contributed by atoms with Crippen LogP contribution in [0.1, 0.15) is 0 Å². The summed E-state index contributed by atoms with van der Waals surface area (Å²) >= 11 is 7.50. The monoisotopic (exact) mass is 317 g/mol. The first kappa shape index (κ1) is 10.1. The Hall–Kier alpha value is -0.0100. The number of nitrogens with two attached hydrogens (primary N) is 1. The average molecular weight is 318 g/mol. The van der Waals surface area contributed by atoms with Crippen LogP contribution in [0, 0.1) is 3.57 Å². The fourth-order valence-electron chi connectivity index (χ4n) is 0.724. The maximum Gasteiger partial charge on any atom is 0.170 e. The van der Waals surface area contributed by atoms with Crippen molar-refractivity contribution in [3.63, 3.8) is 0 Å². The Morgan fingerprint density at radius 3 is 2.42 bits per heavy atom. The van der Waals surface area contributed by atoms with E-state index in [1.807, 2.05) is 22.6 Å². The van der Waals surface area contributed by atoms with Gasteiger partial charge < -0.3 is 5.73 Å². The third kappa shape index (κ3) is 1.83. The van der Waals surface area contributed by atoms with Gasteiger partial charge in [0.25, 0.3) is 0 Å². The van der Waals surface area contributed by atoms with Crippen LogP contribution in [-0.4, -0.2) is 8.42 Å². The lowest BCUT2D eigenvalue weighted by molar-refractivity contribution is 0.614. The molecule has 0 unspecified atom stereocenters. The first-order chi connectivity index (χ1) is 5.54. The molecule has 12 heavy (non-hydrogen) atoms. The molecule has 66 valence electrons. The summed E-state index contributed by atoms with van der Waals surface area (Å²) in [6.45, 7) is 0. The van der Waals surface area contributed by atoms with Crippen LogP contribution in [-0.2, 0) is 10.7 Å². The molecule has 0 bridgehead atoms. The molecule has 0 saturated carbocycles. The van der Waals surface area contributed by atoms with E-state index in [2.05, 4.69) is 0 Å². The largest absolute Gasteiger partial charge is 0.398 e. The van der Waals surface area contributed by atoms with Crippen LogP contribution in [0.4, 0.5) is 5.69 Å². The number of nitrogen functional groups attached to an aromatic ring is 1. The average Bonchev–Trinajstić information content (AvgIpc) is 1.97. The first-order valence-corrected chi connectivity index (χ1v) is 5.55. The lowest BCUT2D eigenvalue weighted by Crippen LogP contribution is -1.94. The predicted octanol–water partition coefficient (Wildman–Crippen LogP) is 1.50. The van der Waals surface area contributed by atoms with Gasteiger partial charge in [-0.3, -0.25) is 0 Å². The van der Waals surface area contributed by atoms with Crippen molar-refractivity contribution in [1.82, 2.24) is 0 Å². The highest BCUT2D eigenvalue weighted by Gasteiger charge is 2.09. The van der Waals surface area contributed by atoms with Crippen molar-refractivity contribution in [3.05, 3.63) is 20.7 Å². The Labute approximate surface area is 90.0 Å². The van der Waals surface area contributed by atoms with Crippen molar-refractivity contribution in [2.24, 2.45) is 0 Å². The molecule has 1 aromatic rings. The SMILES string of the molecule is Nc1ccc(Cl)c([SH](=O)=O)c1I. The zero-order valence-electron chi connectivity index (χ0n) is 5.75. The molecule has 0 fully saturated rings. The van der Waals surface area contributed by atoms with E-state index in [1.165, 1.54) is 6.07 Å². The maximum absolute atomic E-state index is 10.7. The zero-order chi connectivity index (χ0) is 9.30. The summed E-state index contributed by atoms with van der Waals surface area (Å²) in [7, 11) is -2.67. The highest BCUT2D eigenvalue weighted by atomic mass is 127. The van der Waals surface area contributed by atoms with Gasteiger partial charge in [-0.05, 0) is 34.7 Å². The number of thiol groups is 1. The van der Waals surface area contributed by atoms with E-state index >= 15 is 0 Å². The van der Waals surface area contributed by atoms with Crippen LogP contribution in [0.15, 0.2) is 17.0 Å². The lowest BCUT2D eigenvalue weighted by atomic mass is 10.3. The van der Waals surface area contributed by atoms with Gasteiger partial charge in [-0.1, -0.05) is 11.6 Å². The minimum absolute atomic E-state index is 0.104. The molecular weight excluding hydrogens is 312 g/mol. The molecule has 6 heteroatoms. The first-order valence-electron chi connectivity index (χ1n) is 2.92. The predicted molar refractivity (Wildman–Crippen MR) is 57.2 cm³/mol. The molecule has 0 aliphatic carbocycles. The number of benzene rings is 1. The van der Waals surface area contributed by atoms with Crippen LogP contribution in [0.25, 0.3) is 0 Å². The number of halogens is 2. The van der Waals surface area contributed by atoms with Gasteiger partial charge in [0.1, 0.15) is 0 Å². The summed E-state index contributed by atoms with van der Waals surface area (Å²) < 4.78 is 21.9. The lowest BCUT2D eigenvalue weighted by Gasteiger charge is -2.02. The van der Waals surface area contributed by atoms with E-state index in [0.717, 1.165) is 0 Å². The minimum Gasteiger partial charge on any atom is -0.398 e. The number of rotatable bonds is 1. The quantitative estimate of drug-likeness (QED) is 0.469. The zero-order valence-corrected chi connectivity index (χ0v) is 9.56. The van der Waals surface area contributed by atoms with Gasteiger partial charge in [-0.2, -0.15) is 0 Å². The molecule has 0 radical (unpaired) electrons. The molecule has 1 aromatic carbocycles. The highest BCUT2D eigenvalue weighted by Crippen LogP contribution is 2.27. The van der Waals surface area contributed by atoms with Gasteiger partial charge in [0, 0.05) is 5.69 Å². The Bertz CT molecular complexity index is 383. The third-order valence-corrected chi connectivity index (χ3v) is 4.14. The highest BCUT2D eigenvalue weighted by molar-refractivity contribution is 14.1. The van der Waals surface area contributed by atoms with Crippen molar-refractivity contribution < 1.29 is 8.42 Å². The van der Waals surface area contributed by atoms with E-state index in [9.17, 15) is 8.42 Å². The summed E-state index contributed by atoms with van der Waals surface area (Å²) in [6, 6.07) is 3.05. The van der Waals surface area contributed by atoms with Gasteiger partial charge in [-0.15, -0.1) is 0 Å². The van der Waals surface area contributed by atoms with Gasteiger partial charge >= 0.3 is 0 Å². The molecule has 0 spiro atoms. The van der Waals surface area contributed by atoms with Crippen LogP contribution < -0.4 is 5.73 Å². The van der Waals surface area contributed by atoms with Crippen molar-refractivity contribution in [2.75, 3.05) is 5.73 Å². The Morgan fingerprint density at radius 2 is 2.00 bits per heavy atom. The molecule has 0 aromatic heterocycles. The maximum atomic E-state index is 10.7. The second-order valence-corrected chi connectivity index (χ2v) is 4.50. The van der Waals surface area contributed by atoms with Gasteiger partial charge in [0.05, 0.1) is 13.5 Å². The van der Waals surface area contributed by atoms with Crippen LogP contribution in [0.2, 0.25) is 5.02 Å². The summed E-state index contributed by atoms with van der Waals surface area (Å²) in [5.41, 5.74) is 5.92. The molecular formula is C6H5ClINO2S. The standard InChI is InChI=1S/C6H5ClINO2S/c7-3-1-2-4(9)5(8)6(3)12(10)11/h1-2,12H,9H2. The molecule has 0 atom stereocenters. The Kier molecular flexibility index (Phi) is 3.19. The number of hydrogen-bond acceptors (Lipinski definition) is 3. The summed E-state index contributed by atoms with van der Waals surface area (Å²) in [5, 5.41) is 0.213. The Balaban J connectivity index is 3.54. The molecule has 0 heterocycles. The smallest absolute Gasteiger partial charge is 0.170 e. The molecule has 0 saturated heterocycles. The Morgan fingerprint density at radius 1 is 1.42 bits per heavy atom. The van der Waals surface area contributed by atoms with E-state index in [4.69, 9.17) is 17.3 Å². The van der Waals surface area contributed by atoms with E-state index in [1.54, 1.807) is 6.07 Å². The van der Waals surface area contributed by atoms with Crippen molar-refractivity contribution in [3.8, 4) is 0 Å². The van der Waals surface area contributed by atoms with E-state index in [-0.39, 0.29) is 9.92 Å². The van der Waals surface area contributed by atoms with Crippen molar-refractivity contribution in [1.29, 1.82) is 0 Å². The summed E-state index contributed by atoms with van der Waals surface area (Å²) in [6.07, 6.45) is 0. The summed E-state index contributed by atoms with van der Waals surface area (Å²) in [5.74, 6) is 0. The number of anilines is 1. The molecule has 3 nitrogen and oxygen atoms in total. The van der Waals surface area contributed by atoms with Gasteiger partial charge in [0.2, 0.25) is 0 Å². The summed E-state index contributed by atoms with van der Waals surface area (Å²) in [4.78, 5) is 0.104. The van der Waals surface area contributed by atoms with Crippen LogP contribution in [0.5, 0.6) is 0 Å². The van der Waals surface area contributed by atoms with Crippen LogP contribution in [0.3, 0.4) is 0 Å². The van der Waals surface area contributed by atoms with Crippen molar-refractivity contribution in [2.45, 2.75) is 4.90 Å². The molecule has 1 rings (SSSR count). The van der Waals surface area contributed by atoms with E-state index < -0.39 is 10.7 Å². The third-order valence-electron chi connectivity index (χ3n) is 1.28. The van der Waals surface area contributed by atoms with E-state index in [0.29, 0.717) is 9.26 Å². The molecule has 2 N–H and O–H groups in total. The fraction of sp³-hybridized carbons (Fsp3) is 0. The minimum atomic E-state index is -2.67. The topological polar surface area (TPSA) is 60.2 Å². The normalized spacial score (nSPS) is 10.6. The van der Waals surface area contributed by atoms with Crippen molar-refractivity contribution >= 4 is 50.6 Å². The second-order valence-electron chi connectivity index (χ2n) is 2.06. The molecule has 0 amide bonds. The molecule has 0 aliphatic heterocycles. The van der Waals surface area contributed by atoms with Crippen LogP contribution >= 0.6 is 34.2 Å². The fourth-order valence-corrected chi connectivity index (χ4v) is 2.85. The molecule has 0 aliphatic rings.